The van der Waals surface area contributed by atoms with Gasteiger partial charge in [-0.15, -0.1) is 0 Å². The van der Waals surface area contributed by atoms with Gasteiger partial charge in [0.25, 0.3) is 5.56 Å². The summed E-state index contributed by atoms with van der Waals surface area (Å²) >= 11 is 0. The Bertz CT molecular complexity index is 1240. The normalized spacial score (nSPS) is 10.1. The lowest BCUT2D eigenvalue weighted by Crippen LogP contribution is -2.21. The van der Waals surface area contributed by atoms with Crippen LogP contribution in [-0.2, 0) is 6.42 Å². The van der Waals surface area contributed by atoms with Gasteiger partial charge in [0.1, 0.15) is 17.5 Å². The van der Waals surface area contributed by atoms with E-state index >= 15 is 0 Å². The van der Waals surface area contributed by atoms with Gasteiger partial charge in [0.15, 0.2) is 0 Å². The van der Waals surface area contributed by atoms with Gasteiger partial charge in [-0.3, -0.25) is 9.36 Å². The summed E-state index contributed by atoms with van der Waals surface area (Å²) in [7, 11) is 0. The molecule has 144 valence electrons. The minimum absolute atomic E-state index is 0.0566. The molecule has 7 heteroatoms. The van der Waals surface area contributed by atoms with Crippen LogP contribution in [0.25, 0.3) is 16.5 Å². The van der Waals surface area contributed by atoms with Crippen molar-refractivity contribution >= 4 is 22.5 Å². The number of hydrogen-bond donors (Lipinski definition) is 2. The van der Waals surface area contributed by atoms with Crippen molar-refractivity contribution in [1.82, 2.24) is 14.5 Å². The molecule has 0 bridgehead atoms. The molecule has 2 heterocycles. The number of hydrogen-bond acceptors (Lipinski definition) is 6. The molecule has 0 unspecified atom stereocenters. The second-order valence-corrected chi connectivity index (χ2v) is 6.19. The van der Waals surface area contributed by atoms with Gasteiger partial charge in [0.05, 0.1) is 6.20 Å². The smallest absolute Gasteiger partial charge is 0.263 e. The summed E-state index contributed by atoms with van der Waals surface area (Å²) in [5, 5.41) is 10.1. The first-order valence-corrected chi connectivity index (χ1v) is 9.02. The number of nitriles is 1. The highest BCUT2D eigenvalue weighted by molar-refractivity contribution is 5.82. The van der Waals surface area contributed by atoms with Crippen molar-refractivity contribution in [2.75, 3.05) is 11.5 Å². The largest absolute Gasteiger partial charge is 0.382 e. The molecule has 4 aromatic rings. The van der Waals surface area contributed by atoms with Gasteiger partial charge in [-0.05, 0) is 36.1 Å². The summed E-state index contributed by atoms with van der Waals surface area (Å²) in [5.74, 6) is 0.200. The molecular weight excluding hydrogens is 364 g/mol. The Morgan fingerprint density at radius 2 is 1.76 bits per heavy atom. The summed E-state index contributed by atoms with van der Waals surface area (Å²) in [4.78, 5) is 19.8. The maximum atomic E-state index is 12.7. The van der Waals surface area contributed by atoms with Crippen LogP contribution in [0.3, 0.4) is 0 Å². The number of aromatic nitrogens is 3. The fourth-order valence-electron chi connectivity index (χ4n) is 2.93. The number of para-hydroxylation sites is 1. The Balaban J connectivity index is 0.000000204. The van der Waals surface area contributed by atoms with Crippen molar-refractivity contribution in [2.45, 2.75) is 13.3 Å². The molecular formula is C22H20N6O. The zero-order valence-electron chi connectivity index (χ0n) is 15.9. The highest BCUT2D eigenvalue weighted by Gasteiger charge is 2.09. The summed E-state index contributed by atoms with van der Waals surface area (Å²) < 4.78 is 1.81. The standard InChI is InChI=1S/C17H15NO.C5H5N5/c1-2-14-12-13-8-6-7-11-16(13)17(19)18(14)15-9-4-3-5-10-15;6-1-3-2-9-5(8)10-4(3)7/h3-12H,2H2,1H3;2H,(H4,7,8,9,10). The van der Waals surface area contributed by atoms with E-state index in [4.69, 9.17) is 16.7 Å². The number of fused-ring (bicyclic) bond motifs is 1. The van der Waals surface area contributed by atoms with E-state index in [9.17, 15) is 4.79 Å². The summed E-state index contributed by atoms with van der Waals surface area (Å²) in [6.45, 7) is 2.07. The maximum Gasteiger partial charge on any atom is 0.263 e. The SMILES string of the molecule is CCc1cc2ccccc2c(=O)n1-c1ccccc1.N#Cc1cnc(N)nc1N. The molecule has 7 nitrogen and oxygen atoms in total. The molecule has 0 atom stereocenters. The molecule has 0 radical (unpaired) electrons. The molecule has 0 amide bonds. The first kappa shape index (κ1) is 19.6. The number of nitrogens with two attached hydrogens (primary N) is 2. The Labute approximate surface area is 167 Å². The molecule has 0 aliphatic heterocycles. The van der Waals surface area contributed by atoms with Gasteiger partial charge in [0, 0.05) is 16.8 Å². The number of rotatable bonds is 2. The Morgan fingerprint density at radius 1 is 1.07 bits per heavy atom. The van der Waals surface area contributed by atoms with Crippen molar-refractivity contribution in [3.8, 4) is 11.8 Å². The predicted molar refractivity (Wildman–Crippen MR) is 114 cm³/mol. The van der Waals surface area contributed by atoms with E-state index in [0.717, 1.165) is 28.6 Å². The third-order valence-electron chi connectivity index (χ3n) is 4.34. The molecule has 0 spiro atoms. The minimum atomic E-state index is 0.0566. The Hall–Kier alpha value is -4.18. The van der Waals surface area contributed by atoms with Gasteiger partial charge in [-0.2, -0.15) is 10.2 Å². The van der Waals surface area contributed by atoms with E-state index in [1.54, 1.807) is 0 Å². The van der Waals surface area contributed by atoms with Crippen LogP contribution in [0, 0.1) is 11.3 Å². The topological polar surface area (TPSA) is 124 Å². The van der Waals surface area contributed by atoms with Crippen molar-refractivity contribution < 1.29 is 0 Å². The van der Waals surface area contributed by atoms with Crippen molar-refractivity contribution in [1.29, 1.82) is 5.26 Å². The molecule has 29 heavy (non-hydrogen) atoms. The fraction of sp³-hybridized carbons (Fsp3) is 0.0909. The van der Waals surface area contributed by atoms with Gasteiger partial charge in [-0.1, -0.05) is 43.3 Å². The van der Waals surface area contributed by atoms with Gasteiger partial charge < -0.3 is 11.5 Å². The lowest BCUT2D eigenvalue weighted by molar-refractivity contribution is 0.889. The number of benzene rings is 2. The molecule has 0 aliphatic carbocycles. The minimum Gasteiger partial charge on any atom is -0.382 e. The second kappa shape index (κ2) is 8.67. The van der Waals surface area contributed by atoms with Crippen LogP contribution in [0.15, 0.2) is 71.7 Å². The van der Waals surface area contributed by atoms with E-state index in [1.807, 2.05) is 65.2 Å². The van der Waals surface area contributed by atoms with Crippen LogP contribution in [0.4, 0.5) is 11.8 Å². The predicted octanol–water partition coefficient (Wildman–Crippen LogP) is 3.07. The first-order valence-electron chi connectivity index (χ1n) is 9.02. The third-order valence-corrected chi connectivity index (χ3v) is 4.34. The number of pyridine rings is 1. The lowest BCUT2D eigenvalue weighted by atomic mass is 10.1. The molecule has 4 rings (SSSR count). The van der Waals surface area contributed by atoms with Crippen LogP contribution in [0.2, 0.25) is 0 Å². The monoisotopic (exact) mass is 384 g/mol. The van der Waals surface area contributed by atoms with Crippen molar-refractivity contribution in [3.63, 3.8) is 0 Å². The summed E-state index contributed by atoms with van der Waals surface area (Å²) in [6.07, 6.45) is 2.12. The van der Waals surface area contributed by atoms with Gasteiger partial charge >= 0.3 is 0 Å². The van der Waals surface area contributed by atoms with Crippen LogP contribution in [0.5, 0.6) is 0 Å². The highest BCUT2D eigenvalue weighted by Crippen LogP contribution is 2.16. The molecule has 2 aromatic heterocycles. The molecule has 0 saturated carbocycles. The molecule has 0 fully saturated rings. The van der Waals surface area contributed by atoms with Crippen LogP contribution in [0.1, 0.15) is 18.2 Å². The Kier molecular flexibility index (Phi) is 5.85. The van der Waals surface area contributed by atoms with Crippen LogP contribution in [-0.4, -0.2) is 14.5 Å². The highest BCUT2D eigenvalue weighted by atomic mass is 16.1. The molecule has 4 N–H and O–H groups in total. The Morgan fingerprint density at radius 3 is 2.41 bits per heavy atom. The van der Waals surface area contributed by atoms with E-state index in [2.05, 4.69) is 23.0 Å². The average Bonchev–Trinajstić information content (AvgIpc) is 2.75. The quantitative estimate of drug-likeness (QED) is 0.547. The van der Waals surface area contributed by atoms with E-state index < -0.39 is 0 Å². The number of nitrogen functional groups attached to an aromatic ring is 2. The van der Waals surface area contributed by atoms with Crippen LogP contribution < -0.4 is 17.0 Å². The zero-order chi connectivity index (χ0) is 20.8. The summed E-state index contributed by atoms with van der Waals surface area (Å²) in [5.41, 5.74) is 12.7. The van der Waals surface area contributed by atoms with Crippen molar-refractivity contribution in [2.24, 2.45) is 0 Å². The molecule has 0 aliphatic rings. The lowest BCUT2D eigenvalue weighted by Gasteiger charge is -2.13. The summed E-state index contributed by atoms with van der Waals surface area (Å²) in [6, 6.07) is 21.5. The third kappa shape index (κ3) is 4.22. The molecule has 2 aromatic carbocycles. The van der Waals surface area contributed by atoms with Gasteiger partial charge in [0.2, 0.25) is 5.95 Å². The first-order chi connectivity index (χ1) is 14.0. The fourth-order valence-corrected chi connectivity index (χ4v) is 2.93. The van der Waals surface area contributed by atoms with E-state index in [1.165, 1.54) is 6.20 Å². The zero-order valence-corrected chi connectivity index (χ0v) is 15.9. The number of aryl methyl sites for hydroxylation is 1. The molecule has 0 saturated heterocycles. The maximum absolute atomic E-state index is 12.7. The van der Waals surface area contributed by atoms with E-state index in [-0.39, 0.29) is 22.9 Å². The number of anilines is 2. The van der Waals surface area contributed by atoms with Gasteiger partial charge in [-0.25, -0.2) is 4.98 Å². The average molecular weight is 384 g/mol. The second-order valence-electron chi connectivity index (χ2n) is 6.19. The van der Waals surface area contributed by atoms with Crippen molar-refractivity contribution in [3.05, 3.63) is 88.5 Å². The van der Waals surface area contributed by atoms with Crippen LogP contribution >= 0.6 is 0 Å². The van der Waals surface area contributed by atoms with E-state index in [0.29, 0.717) is 0 Å². The number of nitrogens with zero attached hydrogens (tertiary/aromatic N) is 4.